The summed E-state index contributed by atoms with van der Waals surface area (Å²) in [4.78, 5) is 24.1. The van der Waals surface area contributed by atoms with Gasteiger partial charge in [-0.2, -0.15) is 9.61 Å². The molecular weight excluding hydrogens is 334 g/mol. The highest BCUT2D eigenvalue weighted by Crippen LogP contribution is 2.18. The Morgan fingerprint density at radius 1 is 1.25 bits per heavy atom. The molecule has 3 rings (SSSR count). The number of nitrogens with one attached hydrogen (secondary N) is 2. The minimum atomic E-state index is -0.568. The van der Waals surface area contributed by atoms with Crippen LogP contribution in [0.4, 0.5) is 11.5 Å². The molecule has 2 heterocycles. The van der Waals surface area contributed by atoms with Gasteiger partial charge in [-0.05, 0) is 18.2 Å². The van der Waals surface area contributed by atoms with Crippen LogP contribution < -0.4 is 16.4 Å². The van der Waals surface area contributed by atoms with E-state index in [1.807, 2.05) is 0 Å². The van der Waals surface area contributed by atoms with Gasteiger partial charge >= 0.3 is 0 Å². The molecule has 0 saturated carbocycles. The molecule has 3 aromatic rings. The first-order valence-corrected chi connectivity index (χ1v) is 7.18. The molecule has 4 N–H and O–H groups in total. The third-order valence-corrected chi connectivity index (χ3v) is 3.46. The number of aromatic nitrogens is 4. The lowest BCUT2D eigenvalue weighted by Crippen LogP contribution is -2.21. The molecule has 122 valence electrons. The summed E-state index contributed by atoms with van der Waals surface area (Å²) in [6, 6.07) is 6.63. The van der Waals surface area contributed by atoms with Crippen molar-refractivity contribution < 1.29 is 9.59 Å². The van der Waals surface area contributed by atoms with E-state index in [0.717, 1.165) is 0 Å². The van der Waals surface area contributed by atoms with Crippen LogP contribution in [0.5, 0.6) is 0 Å². The van der Waals surface area contributed by atoms with Crippen LogP contribution >= 0.6 is 11.6 Å². The molecule has 0 fully saturated rings. The number of nitrogens with two attached hydrogens (primary N) is 1. The normalized spacial score (nSPS) is 10.6. The summed E-state index contributed by atoms with van der Waals surface area (Å²) in [6.07, 6.45) is 1.30. The smallest absolute Gasteiger partial charge is 0.280 e. The average Bonchev–Trinajstić information content (AvgIpc) is 2.99. The zero-order chi connectivity index (χ0) is 17.3. The fourth-order valence-corrected chi connectivity index (χ4v) is 2.27. The Bertz CT molecular complexity index is 953. The van der Waals surface area contributed by atoms with Gasteiger partial charge in [0.05, 0.1) is 6.20 Å². The second-order valence-corrected chi connectivity index (χ2v) is 5.21. The predicted octanol–water partition coefficient (Wildman–Crippen LogP) is 0.972. The molecule has 0 atom stereocenters. The van der Waals surface area contributed by atoms with Gasteiger partial charge in [-0.3, -0.25) is 9.59 Å². The number of anilines is 2. The zero-order valence-corrected chi connectivity index (χ0v) is 13.2. The Morgan fingerprint density at radius 3 is 2.75 bits per heavy atom. The van der Waals surface area contributed by atoms with E-state index in [1.54, 1.807) is 24.3 Å². The Labute approximate surface area is 140 Å². The summed E-state index contributed by atoms with van der Waals surface area (Å²) < 4.78 is 1.18. The maximum Gasteiger partial charge on any atom is 0.280 e. The highest BCUT2D eigenvalue weighted by Gasteiger charge is 2.20. The van der Waals surface area contributed by atoms with Gasteiger partial charge in [0.25, 0.3) is 11.8 Å². The minimum absolute atomic E-state index is 0.0327. The van der Waals surface area contributed by atoms with Gasteiger partial charge in [0.1, 0.15) is 5.56 Å². The third-order valence-electron chi connectivity index (χ3n) is 3.23. The van der Waals surface area contributed by atoms with Crippen molar-refractivity contribution in [3.63, 3.8) is 0 Å². The molecule has 10 heteroatoms. The van der Waals surface area contributed by atoms with E-state index in [4.69, 9.17) is 17.3 Å². The van der Waals surface area contributed by atoms with E-state index in [1.165, 1.54) is 17.8 Å². The number of fused-ring (bicyclic) bond motifs is 1. The number of amides is 2. The number of halogens is 1. The molecule has 0 aliphatic rings. The van der Waals surface area contributed by atoms with Crippen LogP contribution in [-0.4, -0.2) is 38.7 Å². The van der Waals surface area contributed by atoms with Gasteiger partial charge in [-0.1, -0.05) is 17.7 Å². The Balaban J connectivity index is 1.97. The molecule has 0 aliphatic heterocycles. The van der Waals surface area contributed by atoms with E-state index >= 15 is 0 Å². The first kappa shape index (κ1) is 15.7. The van der Waals surface area contributed by atoms with E-state index in [9.17, 15) is 9.59 Å². The Hall–Kier alpha value is -3.20. The number of rotatable bonds is 3. The van der Waals surface area contributed by atoms with Crippen LogP contribution in [0.1, 0.15) is 20.8 Å². The summed E-state index contributed by atoms with van der Waals surface area (Å²) in [5.41, 5.74) is 6.67. The van der Waals surface area contributed by atoms with Gasteiger partial charge in [0.2, 0.25) is 0 Å². The summed E-state index contributed by atoms with van der Waals surface area (Å²) in [7, 11) is 1.48. The van der Waals surface area contributed by atoms with Crippen molar-refractivity contribution in [1.82, 2.24) is 25.1 Å². The van der Waals surface area contributed by atoms with E-state index in [-0.39, 0.29) is 28.6 Å². The van der Waals surface area contributed by atoms with Crippen LogP contribution in [0, 0.1) is 0 Å². The molecular formula is C14H12ClN7O2. The third kappa shape index (κ3) is 2.72. The fourth-order valence-electron chi connectivity index (χ4n) is 2.08. The maximum atomic E-state index is 12.3. The zero-order valence-electron chi connectivity index (χ0n) is 12.4. The van der Waals surface area contributed by atoms with Crippen LogP contribution in [0.2, 0.25) is 5.02 Å². The minimum Gasteiger partial charge on any atom is -0.382 e. The van der Waals surface area contributed by atoms with Gasteiger partial charge in [0.15, 0.2) is 17.2 Å². The molecule has 24 heavy (non-hydrogen) atoms. The van der Waals surface area contributed by atoms with Crippen LogP contribution in [0.15, 0.2) is 30.5 Å². The lowest BCUT2D eigenvalue weighted by Gasteiger charge is -2.07. The van der Waals surface area contributed by atoms with Gasteiger partial charge < -0.3 is 16.4 Å². The summed E-state index contributed by atoms with van der Waals surface area (Å²) in [6.45, 7) is 0. The molecule has 2 amide bonds. The number of nitrogens with zero attached hydrogens (tertiary/aromatic N) is 4. The highest BCUT2D eigenvalue weighted by atomic mass is 35.5. The van der Waals surface area contributed by atoms with Crippen LogP contribution in [-0.2, 0) is 0 Å². The van der Waals surface area contributed by atoms with E-state index in [2.05, 4.69) is 25.9 Å². The topological polar surface area (TPSA) is 127 Å². The molecule has 0 bridgehead atoms. The average molecular weight is 346 g/mol. The van der Waals surface area contributed by atoms with Crippen molar-refractivity contribution in [2.24, 2.45) is 0 Å². The fraction of sp³-hybridized carbons (Fsp3) is 0.0714. The lowest BCUT2D eigenvalue weighted by atomic mass is 10.3. The molecule has 0 spiro atoms. The van der Waals surface area contributed by atoms with Gasteiger partial charge in [-0.25, -0.2) is 0 Å². The molecule has 1 aromatic carbocycles. The summed E-state index contributed by atoms with van der Waals surface area (Å²) in [5, 5.41) is 17.2. The van der Waals surface area contributed by atoms with Crippen molar-refractivity contribution in [3.8, 4) is 0 Å². The van der Waals surface area contributed by atoms with Gasteiger partial charge in [-0.15, -0.1) is 10.2 Å². The maximum absolute atomic E-state index is 12.3. The molecule has 0 radical (unpaired) electrons. The number of nitrogen functional groups attached to an aromatic ring is 1. The van der Waals surface area contributed by atoms with Crippen molar-refractivity contribution >= 4 is 40.6 Å². The molecule has 0 unspecified atom stereocenters. The first-order valence-electron chi connectivity index (χ1n) is 6.80. The SMILES string of the molecule is CNC(=O)c1cnn2c(N)c(C(=O)Nc3cccc(Cl)c3)nnc12. The Morgan fingerprint density at radius 2 is 2.04 bits per heavy atom. The molecule has 2 aromatic heterocycles. The second-order valence-electron chi connectivity index (χ2n) is 4.77. The molecule has 9 nitrogen and oxygen atoms in total. The molecule has 0 aliphatic carbocycles. The monoisotopic (exact) mass is 345 g/mol. The Kier molecular flexibility index (Phi) is 4.00. The van der Waals surface area contributed by atoms with Crippen molar-refractivity contribution in [2.45, 2.75) is 0 Å². The van der Waals surface area contributed by atoms with Crippen LogP contribution in [0.25, 0.3) is 5.65 Å². The van der Waals surface area contributed by atoms with Crippen molar-refractivity contribution in [2.75, 3.05) is 18.1 Å². The van der Waals surface area contributed by atoms with Crippen molar-refractivity contribution in [1.29, 1.82) is 0 Å². The number of benzene rings is 1. The quantitative estimate of drug-likeness (QED) is 0.649. The largest absolute Gasteiger partial charge is 0.382 e. The highest BCUT2D eigenvalue weighted by molar-refractivity contribution is 6.31. The lowest BCUT2D eigenvalue weighted by molar-refractivity contribution is 0.0963. The van der Waals surface area contributed by atoms with E-state index in [0.29, 0.717) is 10.7 Å². The first-order chi connectivity index (χ1) is 11.5. The number of carbonyl (C=O) groups is 2. The number of hydrogen-bond acceptors (Lipinski definition) is 6. The standard InChI is InChI=1S/C14H12ClN7O2/c1-17-13(23)9-6-18-22-11(16)10(20-21-12(9)22)14(24)19-8-4-2-3-7(15)5-8/h2-6H,16H2,1H3,(H,17,23)(H,19,24). The number of carbonyl (C=O) groups excluding carboxylic acids is 2. The summed E-state index contributed by atoms with van der Waals surface area (Å²) in [5.74, 6) is -0.981. The van der Waals surface area contributed by atoms with Gasteiger partial charge in [0, 0.05) is 17.8 Å². The predicted molar refractivity (Wildman–Crippen MR) is 88.0 cm³/mol. The van der Waals surface area contributed by atoms with Crippen molar-refractivity contribution in [3.05, 3.63) is 46.7 Å². The van der Waals surface area contributed by atoms with E-state index < -0.39 is 5.91 Å². The summed E-state index contributed by atoms with van der Waals surface area (Å²) >= 11 is 5.87. The van der Waals surface area contributed by atoms with Crippen LogP contribution in [0.3, 0.4) is 0 Å². The number of hydrogen-bond donors (Lipinski definition) is 3. The second kappa shape index (κ2) is 6.13. The molecule has 0 saturated heterocycles.